The van der Waals surface area contributed by atoms with Gasteiger partial charge < -0.3 is 24.4 Å². The molecule has 224 valence electrons. The number of para-hydroxylation sites is 1. The number of nitrogens with zero attached hydrogens (tertiary/aromatic N) is 4. The fourth-order valence-electron chi connectivity index (χ4n) is 5.57. The van der Waals surface area contributed by atoms with Crippen LogP contribution in [0.3, 0.4) is 0 Å². The lowest BCUT2D eigenvalue weighted by molar-refractivity contribution is -0.137. The Morgan fingerprint density at radius 2 is 1.74 bits per heavy atom. The third-order valence-electron chi connectivity index (χ3n) is 8.00. The topological polar surface area (TPSA) is 96.8 Å². The van der Waals surface area contributed by atoms with Crippen LogP contribution in [-0.4, -0.2) is 48.1 Å². The van der Waals surface area contributed by atoms with Crippen LogP contribution in [0.25, 0.3) is 10.9 Å². The van der Waals surface area contributed by atoms with Gasteiger partial charge in [-0.2, -0.15) is 0 Å². The van der Waals surface area contributed by atoms with E-state index in [9.17, 15) is 14.4 Å². The third-order valence-corrected chi connectivity index (χ3v) is 8.00. The van der Waals surface area contributed by atoms with E-state index in [0.29, 0.717) is 49.8 Å². The molecule has 2 aromatic carbocycles. The lowest BCUT2D eigenvalue weighted by Gasteiger charge is -2.27. The SMILES string of the molecule is CCN1C(=O)C(C)(C)C(=O)N(C)c2cc(OCCCNCc3ccnc(CCn4c(=O)ccc5ccccc54)c3)ccc21. The Kier molecular flexibility index (Phi) is 8.92. The summed E-state index contributed by atoms with van der Waals surface area (Å²) in [7, 11) is 1.71. The Bertz CT molecular complexity index is 1700. The molecular weight excluding hydrogens is 542 g/mol. The molecule has 4 aromatic rings. The van der Waals surface area contributed by atoms with Crippen LogP contribution < -0.4 is 25.4 Å². The van der Waals surface area contributed by atoms with Crippen LogP contribution in [0.1, 0.15) is 38.4 Å². The predicted molar refractivity (Wildman–Crippen MR) is 170 cm³/mol. The first-order valence-electron chi connectivity index (χ1n) is 14.8. The van der Waals surface area contributed by atoms with Gasteiger partial charge >= 0.3 is 0 Å². The normalized spacial score (nSPS) is 14.6. The van der Waals surface area contributed by atoms with Crippen molar-refractivity contribution in [1.29, 1.82) is 0 Å². The molecule has 43 heavy (non-hydrogen) atoms. The summed E-state index contributed by atoms with van der Waals surface area (Å²) < 4.78 is 7.82. The maximum atomic E-state index is 13.1. The lowest BCUT2D eigenvalue weighted by Crippen LogP contribution is -2.47. The zero-order valence-electron chi connectivity index (χ0n) is 25.3. The minimum atomic E-state index is -1.14. The van der Waals surface area contributed by atoms with Crippen LogP contribution in [-0.2, 0) is 29.1 Å². The van der Waals surface area contributed by atoms with Crippen LogP contribution in [0.5, 0.6) is 5.75 Å². The smallest absolute Gasteiger partial charge is 0.251 e. The highest BCUT2D eigenvalue weighted by Gasteiger charge is 2.45. The summed E-state index contributed by atoms with van der Waals surface area (Å²) in [6, 6.07) is 21.0. The molecule has 1 aliphatic heterocycles. The summed E-state index contributed by atoms with van der Waals surface area (Å²) in [6.45, 7) is 8.28. The molecule has 5 rings (SSSR count). The average molecular weight is 582 g/mol. The number of aryl methyl sites for hydroxylation is 2. The maximum Gasteiger partial charge on any atom is 0.251 e. The molecule has 1 aliphatic rings. The monoisotopic (exact) mass is 581 g/mol. The van der Waals surface area contributed by atoms with E-state index in [1.807, 2.05) is 72.3 Å². The van der Waals surface area contributed by atoms with Gasteiger partial charge in [0.05, 0.1) is 23.5 Å². The number of amides is 2. The Morgan fingerprint density at radius 1 is 0.930 bits per heavy atom. The summed E-state index contributed by atoms with van der Waals surface area (Å²) in [5.74, 6) is 0.218. The highest BCUT2D eigenvalue weighted by Crippen LogP contribution is 2.40. The molecule has 1 N–H and O–H groups in total. The minimum absolute atomic E-state index is 0.00730. The van der Waals surface area contributed by atoms with Crippen LogP contribution in [0.4, 0.5) is 11.4 Å². The Labute approximate surface area is 252 Å². The second-order valence-electron chi connectivity index (χ2n) is 11.4. The number of fused-ring (bicyclic) bond motifs is 2. The third kappa shape index (κ3) is 6.32. The van der Waals surface area contributed by atoms with Gasteiger partial charge in [0.15, 0.2) is 0 Å². The van der Waals surface area contributed by atoms with Crippen molar-refractivity contribution in [3.05, 3.63) is 94.5 Å². The van der Waals surface area contributed by atoms with Gasteiger partial charge in [0.25, 0.3) is 5.56 Å². The molecular formula is C34H39N5O4. The number of nitrogens with one attached hydrogen (secondary N) is 1. The number of benzene rings is 2. The van der Waals surface area contributed by atoms with E-state index in [-0.39, 0.29) is 17.4 Å². The van der Waals surface area contributed by atoms with E-state index >= 15 is 0 Å². The molecule has 0 saturated carbocycles. The number of hydrogen-bond acceptors (Lipinski definition) is 6. The number of carbonyl (C=O) groups excluding carboxylic acids is 2. The van der Waals surface area contributed by atoms with Crippen LogP contribution >= 0.6 is 0 Å². The van der Waals surface area contributed by atoms with Crippen molar-refractivity contribution in [2.75, 3.05) is 36.5 Å². The molecule has 0 radical (unpaired) electrons. The Morgan fingerprint density at radius 3 is 2.56 bits per heavy atom. The van der Waals surface area contributed by atoms with Crippen molar-refractivity contribution in [2.45, 2.75) is 46.7 Å². The molecule has 0 bridgehead atoms. The van der Waals surface area contributed by atoms with Gasteiger partial charge in [0.2, 0.25) is 11.8 Å². The number of aromatic nitrogens is 2. The van der Waals surface area contributed by atoms with Crippen molar-refractivity contribution < 1.29 is 14.3 Å². The van der Waals surface area contributed by atoms with E-state index in [1.54, 1.807) is 36.8 Å². The van der Waals surface area contributed by atoms with Crippen LogP contribution in [0, 0.1) is 5.41 Å². The van der Waals surface area contributed by atoms with E-state index in [0.717, 1.165) is 35.1 Å². The molecule has 2 aromatic heterocycles. The number of ether oxygens (including phenoxy) is 1. The molecule has 0 unspecified atom stereocenters. The minimum Gasteiger partial charge on any atom is -0.493 e. The Balaban J connectivity index is 1.11. The molecule has 0 fully saturated rings. The van der Waals surface area contributed by atoms with Crippen molar-refractivity contribution in [1.82, 2.24) is 14.9 Å². The number of hydrogen-bond donors (Lipinski definition) is 1. The van der Waals surface area contributed by atoms with E-state index < -0.39 is 5.41 Å². The van der Waals surface area contributed by atoms with Crippen LogP contribution in [0.2, 0.25) is 0 Å². The quantitative estimate of drug-likeness (QED) is 0.206. The fourth-order valence-corrected chi connectivity index (χ4v) is 5.57. The summed E-state index contributed by atoms with van der Waals surface area (Å²) in [4.78, 5) is 46.4. The molecule has 3 heterocycles. The standard InChI is InChI=1S/C34H39N5O4/c1-5-38-29-13-12-27(22-30(29)37(4)32(41)34(2,3)33(38)42)43-20-8-17-35-23-24-15-18-36-26(21-24)16-19-39-28-10-7-6-9-25(28)11-14-31(39)40/h6-7,9-15,18,21-22,35H,5,8,16-17,19-20,23H2,1-4H3. The summed E-state index contributed by atoms with van der Waals surface area (Å²) in [5.41, 5.74) is 3.25. The van der Waals surface area contributed by atoms with Gasteiger partial charge in [-0.1, -0.05) is 18.2 Å². The number of pyridine rings is 2. The largest absolute Gasteiger partial charge is 0.493 e. The summed E-state index contributed by atoms with van der Waals surface area (Å²) >= 11 is 0. The molecule has 0 aliphatic carbocycles. The van der Waals surface area contributed by atoms with Gasteiger partial charge in [-0.3, -0.25) is 19.4 Å². The molecule has 9 heteroatoms. The Hall–Kier alpha value is -4.50. The first kappa shape index (κ1) is 30.0. The highest BCUT2D eigenvalue weighted by molar-refractivity contribution is 6.20. The van der Waals surface area contributed by atoms with Gasteiger partial charge in [0, 0.05) is 57.1 Å². The molecule has 9 nitrogen and oxygen atoms in total. The van der Waals surface area contributed by atoms with Crippen LogP contribution in [0.15, 0.2) is 77.7 Å². The molecule has 0 saturated heterocycles. The molecule has 2 amide bonds. The zero-order valence-corrected chi connectivity index (χ0v) is 25.3. The first-order valence-corrected chi connectivity index (χ1v) is 14.8. The van der Waals surface area contributed by atoms with Crippen molar-refractivity contribution in [3.63, 3.8) is 0 Å². The number of carbonyl (C=O) groups is 2. The molecule has 0 atom stereocenters. The van der Waals surface area contributed by atoms with E-state index in [4.69, 9.17) is 4.74 Å². The van der Waals surface area contributed by atoms with Gasteiger partial charge in [-0.15, -0.1) is 0 Å². The summed E-state index contributed by atoms with van der Waals surface area (Å²) in [5, 5.41) is 4.51. The van der Waals surface area contributed by atoms with E-state index in [1.165, 1.54) is 0 Å². The maximum absolute atomic E-state index is 13.1. The molecule has 0 spiro atoms. The number of rotatable bonds is 11. The van der Waals surface area contributed by atoms with Crippen molar-refractivity contribution >= 4 is 34.1 Å². The number of anilines is 2. The lowest BCUT2D eigenvalue weighted by atomic mass is 9.90. The highest BCUT2D eigenvalue weighted by atomic mass is 16.5. The van der Waals surface area contributed by atoms with Gasteiger partial charge in [0.1, 0.15) is 11.2 Å². The second-order valence-corrected chi connectivity index (χ2v) is 11.4. The second kappa shape index (κ2) is 12.8. The summed E-state index contributed by atoms with van der Waals surface area (Å²) in [6.07, 6.45) is 3.27. The van der Waals surface area contributed by atoms with E-state index in [2.05, 4.69) is 16.4 Å². The zero-order chi connectivity index (χ0) is 30.6. The first-order chi connectivity index (χ1) is 20.7. The fraction of sp³-hybridized carbons (Fsp3) is 0.353. The average Bonchev–Trinajstić information content (AvgIpc) is 3.06. The van der Waals surface area contributed by atoms with Gasteiger partial charge in [-0.05, 0) is 81.1 Å². The predicted octanol–water partition coefficient (Wildman–Crippen LogP) is 4.55. The van der Waals surface area contributed by atoms with Crippen molar-refractivity contribution in [2.24, 2.45) is 5.41 Å². The van der Waals surface area contributed by atoms with Crippen molar-refractivity contribution in [3.8, 4) is 5.75 Å². The van der Waals surface area contributed by atoms with Gasteiger partial charge in [-0.25, -0.2) is 0 Å².